The molecule has 0 bridgehead atoms. The molecule has 0 amide bonds. The zero-order valence-corrected chi connectivity index (χ0v) is 12.7. The van der Waals surface area contributed by atoms with Gasteiger partial charge in [-0.3, -0.25) is 0 Å². The molecule has 6 aromatic rings. The van der Waals surface area contributed by atoms with Gasteiger partial charge in [0, 0.05) is 26.9 Å². The first kappa shape index (κ1) is 12.2. The molecule has 0 aliphatic rings. The quantitative estimate of drug-likeness (QED) is 0.314. The van der Waals surface area contributed by atoms with Gasteiger partial charge in [0.1, 0.15) is 22.3 Å². The van der Waals surface area contributed by atoms with Crippen molar-refractivity contribution < 1.29 is 8.83 Å². The van der Waals surface area contributed by atoms with Crippen molar-refractivity contribution in [2.24, 2.45) is 0 Å². The van der Waals surface area contributed by atoms with Gasteiger partial charge in [0.2, 0.25) is 0 Å². The summed E-state index contributed by atoms with van der Waals surface area (Å²) in [4.78, 5) is 0. The fraction of sp³-hybridized carbons (Fsp3) is 0. The molecule has 2 heterocycles. The highest BCUT2D eigenvalue weighted by Gasteiger charge is 2.13. The highest BCUT2D eigenvalue weighted by Crippen LogP contribution is 2.38. The second kappa shape index (κ2) is 4.18. The average molecular weight is 308 g/mol. The fourth-order valence-electron chi connectivity index (χ4n) is 3.73. The summed E-state index contributed by atoms with van der Waals surface area (Å²) in [6.45, 7) is 0. The van der Waals surface area contributed by atoms with Gasteiger partial charge in [-0.1, -0.05) is 42.5 Å². The Labute approximate surface area is 136 Å². The molecule has 2 nitrogen and oxygen atoms in total. The van der Waals surface area contributed by atoms with E-state index in [2.05, 4.69) is 36.4 Å². The van der Waals surface area contributed by atoms with Crippen molar-refractivity contribution in [1.29, 1.82) is 0 Å². The van der Waals surface area contributed by atoms with Crippen LogP contribution < -0.4 is 0 Å². The van der Waals surface area contributed by atoms with E-state index in [0.29, 0.717) is 0 Å². The monoisotopic (exact) mass is 308 g/mol. The van der Waals surface area contributed by atoms with Crippen molar-refractivity contribution in [1.82, 2.24) is 0 Å². The van der Waals surface area contributed by atoms with Gasteiger partial charge in [0.15, 0.2) is 0 Å². The number of hydrogen-bond donors (Lipinski definition) is 0. The Balaban J connectivity index is 1.87. The Hall–Kier alpha value is -3.26. The minimum atomic E-state index is 0.916. The van der Waals surface area contributed by atoms with Crippen molar-refractivity contribution >= 4 is 54.6 Å². The molecule has 0 unspecified atom stereocenters. The van der Waals surface area contributed by atoms with Crippen LogP contribution in [0, 0.1) is 0 Å². The summed E-state index contributed by atoms with van der Waals surface area (Å²) in [6, 6.07) is 24.9. The normalized spacial score (nSPS) is 12.2. The zero-order chi connectivity index (χ0) is 15.7. The van der Waals surface area contributed by atoms with E-state index >= 15 is 0 Å². The predicted molar refractivity (Wildman–Crippen MR) is 98.5 cm³/mol. The third-order valence-corrected chi connectivity index (χ3v) is 4.86. The van der Waals surface area contributed by atoms with Gasteiger partial charge in [-0.05, 0) is 35.7 Å². The van der Waals surface area contributed by atoms with Gasteiger partial charge >= 0.3 is 0 Å². The molecular formula is C22H12O2. The molecule has 0 spiro atoms. The lowest BCUT2D eigenvalue weighted by Crippen LogP contribution is -1.75. The van der Waals surface area contributed by atoms with Crippen LogP contribution in [0.3, 0.4) is 0 Å². The highest BCUT2D eigenvalue weighted by atomic mass is 16.3. The Morgan fingerprint density at radius 1 is 0.458 bits per heavy atom. The van der Waals surface area contributed by atoms with E-state index in [-0.39, 0.29) is 0 Å². The zero-order valence-electron chi connectivity index (χ0n) is 12.7. The van der Waals surface area contributed by atoms with Crippen LogP contribution in [0.2, 0.25) is 0 Å². The van der Waals surface area contributed by atoms with Crippen molar-refractivity contribution in [2.45, 2.75) is 0 Å². The molecule has 0 fully saturated rings. The lowest BCUT2D eigenvalue weighted by atomic mass is 10.0. The standard InChI is InChI=1S/C22H12O2/c1-4-8-20-14(5-1)16-10-9-13-11-21-18(12-17(13)22(16)24-20)15-6-2-3-7-19(15)23-21/h1-12H. The van der Waals surface area contributed by atoms with Crippen molar-refractivity contribution in [3.8, 4) is 0 Å². The topological polar surface area (TPSA) is 26.3 Å². The number of furan rings is 2. The maximum absolute atomic E-state index is 6.17. The Morgan fingerprint density at radius 3 is 2.00 bits per heavy atom. The van der Waals surface area contributed by atoms with Gasteiger partial charge < -0.3 is 8.83 Å². The number of fused-ring (bicyclic) bond motifs is 8. The fourth-order valence-corrected chi connectivity index (χ4v) is 3.73. The minimum Gasteiger partial charge on any atom is -0.456 e. The van der Waals surface area contributed by atoms with Crippen LogP contribution >= 0.6 is 0 Å². The van der Waals surface area contributed by atoms with E-state index in [1.54, 1.807) is 0 Å². The minimum absolute atomic E-state index is 0.916. The van der Waals surface area contributed by atoms with Crippen LogP contribution in [0.25, 0.3) is 54.6 Å². The second-order valence-electron chi connectivity index (χ2n) is 6.21. The molecule has 0 saturated carbocycles. The van der Waals surface area contributed by atoms with E-state index in [1.165, 1.54) is 0 Å². The van der Waals surface area contributed by atoms with Crippen LogP contribution in [0.5, 0.6) is 0 Å². The number of hydrogen-bond acceptors (Lipinski definition) is 2. The van der Waals surface area contributed by atoms with Gasteiger partial charge in [-0.25, -0.2) is 0 Å². The molecule has 0 aliphatic heterocycles. The molecule has 2 aromatic heterocycles. The van der Waals surface area contributed by atoms with Gasteiger partial charge in [0.05, 0.1) is 0 Å². The maximum Gasteiger partial charge on any atom is 0.143 e. The predicted octanol–water partition coefficient (Wildman–Crippen LogP) is 6.64. The van der Waals surface area contributed by atoms with E-state index in [0.717, 1.165) is 54.6 Å². The van der Waals surface area contributed by atoms with E-state index in [1.807, 2.05) is 36.4 Å². The number of para-hydroxylation sites is 2. The lowest BCUT2D eigenvalue weighted by molar-refractivity contribution is 0.669. The van der Waals surface area contributed by atoms with Gasteiger partial charge in [-0.15, -0.1) is 0 Å². The second-order valence-corrected chi connectivity index (χ2v) is 6.21. The molecule has 24 heavy (non-hydrogen) atoms. The van der Waals surface area contributed by atoms with E-state index < -0.39 is 0 Å². The SMILES string of the molecule is c1ccc2c(c1)oc1cc3ccc4c5ccccc5oc4c3cc12. The summed E-state index contributed by atoms with van der Waals surface area (Å²) in [5.74, 6) is 0. The molecule has 112 valence electrons. The summed E-state index contributed by atoms with van der Waals surface area (Å²) >= 11 is 0. The van der Waals surface area contributed by atoms with Crippen LogP contribution in [-0.4, -0.2) is 0 Å². The van der Waals surface area contributed by atoms with Crippen LogP contribution in [-0.2, 0) is 0 Å². The molecule has 0 radical (unpaired) electrons. The van der Waals surface area contributed by atoms with Crippen LogP contribution in [0.15, 0.2) is 81.6 Å². The smallest absolute Gasteiger partial charge is 0.143 e. The van der Waals surface area contributed by atoms with Gasteiger partial charge in [-0.2, -0.15) is 0 Å². The first-order valence-electron chi connectivity index (χ1n) is 8.04. The molecule has 2 heteroatoms. The van der Waals surface area contributed by atoms with Gasteiger partial charge in [0.25, 0.3) is 0 Å². The Bertz CT molecular complexity index is 1400. The average Bonchev–Trinajstić information content (AvgIpc) is 3.18. The van der Waals surface area contributed by atoms with Crippen molar-refractivity contribution in [2.75, 3.05) is 0 Å². The number of benzene rings is 4. The first-order valence-corrected chi connectivity index (χ1v) is 8.04. The largest absolute Gasteiger partial charge is 0.456 e. The molecule has 0 N–H and O–H groups in total. The molecule has 6 rings (SSSR count). The Kier molecular flexibility index (Phi) is 2.12. The maximum atomic E-state index is 6.17. The van der Waals surface area contributed by atoms with Crippen LogP contribution in [0.4, 0.5) is 0 Å². The highest BCUT2D eigenvalue weighted by molar-refractivity contribution is 6.19. The molecule has 4 aromatic carbocycles. The third kappa shape index (κ3) is 1.45. The van der Waals surface area contributed by atoms with Crippen LogP contribution in [0.1, 0.15) is 0 Å². The molecule has 0 aliphatic carbocycles. The summed E-state index contributed by atoms with van der Waals surface area (Å²) < 4.78 is 12.2. The Morgan fingerprint density at radius 2 is 1.17 bits per heavy atom. The number of rotatable bonds is 0. The van der Waals surface area contributed by atoms with Crippen molar-refractivity contribution in [3.63, 3.8) is 0 Å². The first-order chi connectivity index (χ1) is 11.9. The molecular weight excluding hydrogens is 296 g/mol. The van der Waals surface area contributed by atoms with Crippen molar-refractivity contribution in [3.05, 3.63) is 72.8 Å². The summed E-state index contributed by atoms with van der Waals surface area (Å²) in [7, 11) is 0. The summed E-state index contributed by atoms with van der Waals surface area (Å²) in [6.07, 6.45) is 0. The summed E-state index contributed by atoms with van der Waals surface area (Å²) in [5.41, 5.74) is 3.71. The molecule has 0 atom stereocenters. The third-order valence-electron chi connectivity index (χ3n) is 4.86. The van der Waals surface area contributed by atoms with E-state index in [9.17, 15) is 0 Å². The molecule has 0 saturated heterocycles. The van der Waals surface area contributed by atoms with E-state index in [4.69, 9.17) is 8.83 Å². The lowest BCUT2D eigenvalue weighted by Gasteiger charge is -1.99. The summed E-state index contributed by atoms with van der Waals surface area (Å²) in [5, 5.41) is 6.85.